The number of benzene rings is 3. The predicted octanol–water partition coefficient (Wildman–Crippen LogP) is 6.40. The lowest BCUT2D eigenvalue weighted by atomic mass is 9.85. The lowest BCUT2D eigenvalue weighted by Crippen LogP contribution is -2.52. The Morgan fingerprint density at radius 3 is 2.27 bits per heavy atom. The van der Waals surface area contributed by atoms with Gasteiger partial charge in [-0.15, -0.1) is 0 Å². The Labute approximate surface area is 245 Å². The molecule has 3 aromatic rings. The fourth-order valence-corrected chi connectivity index (χ4v) is 6.39. The van der Waals surface area contributed by atoms with Crippen molar-refractivity contribution in [3.8, 4) is 0 Å². The first kappa shape index (κ1) is 29.8. The summed E-state index contributed by atoms with van der Waals surface area (Å²) in [5.74, 6) is -0.528. The number of amides is 2. The van der Waals surface area contributed by atoms with E-state index in [4.69, 9.17) is 0 Å². The van der Waals surface area contributed by atoms with Gasteiger partial charge in [0.1, 0.15) is 6.04 Å². The van der Waals surface area contributed by atoms with Crippen molar-refractivity contribution in [2.45, 2.75) is 70.7 Å². The second kappa shape index (κ2) is 11.4. The summed E-state index contributed by atoms with van der Waals surface area (Å²) in [5.41, 5.74) is 4.86. The number of anilines is 2. The van der Waals surface area contributed by atoms with E-state index >= 15 is 0 Å². The second-order valence-electron chi connectivity index (χ2n) is 11.4. The highest BCUT2D eigenvalue weighted by Gasteiger charge is 2.31. The number of carbonyl (C=O) groups is 2. The van der Waals surface area contributed by atoms with Crippen LogP contribution in [0.2, 0.25) is 0 Å². The zero-order chi connectivity index (χ0) is 29.4. The van der Waals surface area contributed by atoms with E-state index in [1.807, 2.05) is 58.9 Å². The number of nitrogens with zero attached hydrogens (tertiary/aromatic N) is 1. The number of hydrogen-bond acceptors (Lipinski definition) is 4. The van der Waals surface area contributed by atoms with Crippen LogP contribution in [0.1, 0.15) is 66.2 Å². The van der Waals surface area contributed by atoms with Crippen molar-refractivity contribution in [1.82, 2.24) is 5.32 Å². The third-order valence-electron chi connectivity index (χ3n) is 7.37. The third-order valence-corrected chi connectivity index (χ3v) is 9.77. The smallest absolute Gasteiger partial charge is 0.262 e. The molecule has 0 aromatic heterocycles. The van der Waals surface area contributed by atoms with Crippen molar-refractivity contribution in [1.29, 1.82) is 0 Å². The molecule has 0 radical (unpaired) electrons. The Kier molecular flexibility index (Phi) is 8.47. The van der Waals surface area contributed by atoms with Crippen LogP contribution in [-0.2, 0) is 20.2 Å². The number of nitrogens with one attached hydrogen (secondary N) is 2. The highest BCUT2D eigenvalue weighted by atomic mass is 79.9. The van der Waals surface area contributed by atoms with E-state index in [0.717, 1.165) is 33.3 Å². The van der Waals surface area contributed by atoms with E-state index in [-0.39, 0.29) is 22.1 Å². The van der Waals surface area contributed by atoms with Crippen LogP contribution in [0.4, 0.5) is 11.4 Å². The molecule has 1 saturated heterocycles. The van der Waals surface area contributed by atoms with Crippen molar-refractivity contribution in [2.24, 2.45) is 0 Å². The van der Waals surface area contributed by atoms with Gasteiger partial charge in [0, 0.05) is 28.0 Å². The van der Waals surface area contributed by atoms with E-state index in [1.54, 1.807) is 42.2 Å². The Bertz CT molecular complexity index is 1560. The fraction of sp³-hybridized carbons (Fsp3) is 0.355. The molecule has 4 rings (SSSR count). The van der Waals surface area contributed by atoms with E-state index < -0.39 is 16.1 Å². The summed E-state index contributed by atoms with van der Waals surface area (Å²) in [4.78, 5) is 28.1. The standard InChI is InChI=1S/C31H36BrN3O4S/c1-19-16-23(31(4,5)6)18-28(21(19)3)40(38,39)34-24-11-9-22(10-12-24)29(36)33-27-8-7-15-35(30(27)37)25-13-14-26(32)20(2)17-25/h9-14,16-18,27,34H,7-8,15H2,1-6H3,(H,33,36). The van der Waals surface area contributed by atoms with Crippen molar-refractivity contribution in [3.05, 3.63) is 86.9 Å². The maximum atomic E-state index is 13.3. The topological polar surface area (TPSA) is 95.6 Å². The Morgan fingerprint density at radius 2 is 1.65 bits per heavy atom. The molecule has 40 heavy (non-hydrogen) atoms. The molecule has 1 heterocycles. The van der Waals surface area contributed by atoms with Crippen molar-refractivity contribution in [3.63, 3.8) is 0 Å². The first-order valence-corrected chi connectivity index (χ1v) is 15.6. The zero-order valence-corrected chi connectivity index (χ0v) is 26.2. The number of piperidine rings is 1. The summed E-state index contributed by atoms with van der Waals surface area (Å²) >= 11 is 3.49. The number of carbonyl (C=O) groups excluding carboxylic acids is 2. The average molecular weight is 627 g/mol. The summed E-state index contributed by atoms with van der Waals surface area (Å²) in [6.07, 6.45) is 1.32. The summed E-state index contributed by atoms with van der Waals surface area (Å²) in [5, 5.41) is 2.86. The van der Waals surface area contributed by atoms with Gasteiger partial charge in [0.15, 0.2) is 0 Å². The van der Waals surface area contributed by atoms with Gasteiger partial charge in [0.25, 0.3) is 15.9 Å². The number of halogens is 1. The largest absolute Gasteiger partial charge is 0.340 e. The molecule has 9 heteroatoms. The highest BCUT2D eigenvalue weighted by Crippen LogP contribution is 2.30. The van der Waals surface area contributed by atoms with Gasteiger partial charge in [0.2, 0.25) is 5.91 Å². The van der Waals surface area contributed by atoms with Gasteiger partial charge in [-0.2, -0.15) is 0 Å². The summed E-state index contributed by atoms with van der Waals surface area (Å²) in [6, 6.07) is 15.1. The van der Waals surface area contributed by atoms with Crippen LogP contribution in [-0.4, -0.2) is 32.8 Å². The molecule has 1 atom stereocenters. The van der Waals surface area contributed by atoms with Gasteiger partial charge in [-0.1, -0.05) is 42.8 Å². The van der Waals surface area contributed by atoms with Gasteiger partial charge in [0.05, 0.1) is 4.90 Å². The lowest BCUT2D eigenvalue weighted by Gasteiger charge is -2.33. The normalized spacial score (nSPS) is 16.1. The quantitative estimate of drug-likeness (QED) is 0.331. The van der Waals surface area contributed by atoms with Crippen molar-refractivity contribution < 1.29 is 18.0 Å². The van der Waals surface area contributed by atoms with Gasteiger partial charge in [-0.3, -0.25) is 14.3 Å². The highest BCUT2D eigenvalue weighted by molar-refractivity contribution is 9.10. The molecule has 1 aliphatic heterocycles. The minimum Gasteiger partial charge on any atom is -0.340 e. The number of aryl methyl sites for hydroxylation is 2. The summed E-state index contributed by atoms with van der Waals surface area (Å²) in [7, 11) is -3.85. The van der Waals surface area contributed by atoms with E-state index in [0.29, 0.717) is 29.8 Å². The Morgan fingerprint density at radius 1 is 0.975 bits per heavy atom. The number of sulfonamides is 1. The lowest BCUT2D eigenvalue weighted by molar-refractivity contribution is -0.121. The van der Waals surface area contributed by atoms with Crippen LogP contribution < -0.4 is 14.9 Å². The minimum atomic E-state index is -3.85. The molecule has 212 valence electrons. The average Bonchev–Trinajstić information content (AvgIpc) is 2.88. The van der Waals surface area contributed by atoms with Crippen LogP contribution in [0, 0.1) is 20.8 Å². The van der Waals surface area contributed by atoms with Gasteiger partial charge < -0.3 is 10.2 Å². The van der Waals surface area contributed by atoms with E-state index in [2.05, 4.69) is 26.0 Å². The van der Waals surface area contributed by atoms with E-state index in [1.165, 1.54) is 0 Å². The van der Waals surface area contributed by atoms with Crippen LogP contribution in [0.5, 0.6) is 0 Å². The molecular formula is C31H36BrN3O4S. The molecule has 0 bridgehead atoms. The van der Waals surface area contributed by atoms with Crippen molar-refractivity contribution in [2.75, 3.05) is 16.2 Å². The van der Waals surface area contributed by atoms with Gasteiger partial charge in [-0.05, 0) is 110 Å². The Balaban J connectivity index is 1.47. The summed E-state index contributed by atoms with van der Waals surface area (Å²) < 4.78 is 30.3. The molecule has 0 saturated carbocycles. The Hall–Kier alpha value is -3.17. The molecule has 7 nitrogen and oxygen atoms in total. The first-order chi connectivity index (χ1) is 18.7. The number of rotatable bonds is 6. The van der Waals surface area contributed by atoms with E-state index in [9.17, 15) is 18.0 Å². The maximum Gasteiger partial charge on any atom is 0.262 e. The maximum absolute atomic E-state index is 13.3. The molecule has 1 aliphatic rings. The summed E-state index contributed by atoms with van der Waals surface area (Å²) in [6.45, 7) is 12.4. The van der Waals surface area contributed by atoms with Crippen LogP contribution >= 0.6 is 15.9 Å². The molecule has 0 aliphatic carbocycles. The SMILES string of the molecule is Cc1cc(N2CCCC(NC(=O)c3ccc(NS(=O)(=O)c4cc(C(C)(C)C)cc(C)c4C)cc3)C2=O)ccc1Br. The van der Waals surface area contributed by atoms with Crippen LogP contribution in [0.3, 0.4) is 0 Å². The minimum absolute atomic E-state index is 0.145. The molecule has 2 N–H and O–H groups in total. The second-order valence-corrected chi connectivity index (χ2v) is 13.9. The fourth-order valence-electron chi connectivity index (χ4n) is 4.74. The van der Waals surface area contributed by atoms with Gasteiger partial charge >= 0.3 is 0 Å². The monoisotopic (exact) mass is 625 g/mol. The van der Waals surface area contributed by atoms with Gasteiger partial charge in [-0.25, -0.2) is 8.42 Å². The van der Waals surface area contributed by atoms with Crippen molar-refractivity contribution >= 4 is 49.1 Å². The molecule has 0 spiro atoms. The third kappa shape index (κ3) is 6.41. The van der Waals surface area contributed by atoms with Crippen LogP contribution in [0.15, 0.2) is 64.0 Å². The molecule has 1 fully saturated rings. The van der Waals surface area contributed by atoms with Crippen LogP contribution in [0.25, 0.3) is 0 Å². The molecule has 2 amide bonds. The molecule has 1 unspecified atom stereocenters. The molecule has 3 aromatic carbocycles. The predicted molar refractivity (Wildman–Crippen MR) is 164 cm³/mol. The zero-order valence-electron chi connectivity index (χ0n) is 23.8. The first-order valence-electron chi connectivity index (χ1n) is 13.3. The molecular weight excluding hydrogens is 590 g/mol. The number of hydrogen-bond donors (Lipinski definition) is 2.